The number of likely N-dealkylation sites (tertiary alicyclic amines) is 1. The summed E-state index contributed by atoms with van der Waals surface area (Å²) in [6, 6.07) is 16.1. The number of nitro benzene ring substituents is 1. The van der Waals surface area contributed by atoms with Crippen LogP contribution in [0.15, 0.2) is 54.6 Å². The molecule has 0 spiro atoms. The van der Waals surface area contributed by atoms with E-state index in [-0.39, 0.29) is 23.6 Å². The molecule has 0 saturated carbocycles. The van der Waals surface area contributed by atoms with E-state index >= 15 is 0 Å². The van der Waals surface area contributed by atoms with Gasteiger partial charge in [-0.2, -0.15) is 0 Å². The Labute approximate surface area is 152 Å². The molecule has 1 amide bonds. The molecule has 0 aromatic heterocycles. The number of carbonyl (C=O) groups is 1. The molecule has 136 valence electrons. The van der Waals surface area contributed by atoms with Crippen LogP contribution in [0.3, 0.4) is 0 Å². The van der Waals surface area contributed by atoms with Crippen molar-refractivity contribution in [3.63, 3.8) is 0 Å². The molecule has 6 heteroatoms. The molecule has 2 aromatic rings. The highest BCUT2D eigenvalue weighted by atomic mass is 16.6. The van der Waals surface area contributed by atoms with Gasteiger partial charge in [0, 0.05) is 24.6 Å². The molecule has 2 aromatic carbocycles. The summed E-state index contributed by atoms with van der Waals surface area (Å²) in [5, 5.41) is 10.8. The van der Waals surface area contributed by atoms with Crippen molar-refractivity contribution in [2.75, 3.05) is 19.7 Å². The molecule has 6 nitrogen and oxygen atoms in total. The van der Waals surface area contributed by atoms with E-state index in [1.165, 1.54) is 17.7 Å². The fourth-order valence-corrected chi connectivity index (χ4v) is 3.45. The first-order valence-electron chi connectivity index (χ1n) is 8.68. The zero-order valence-electron chi connectivity index (χ0n) is 14.8. The zero-order valence-corrected chi connectivity index (χ0v) is 14.8. The molecular formula is C20H22N2O4. The van der Waals surface area contributed by atoms with Crippen molar-refractivity contribution in [1.82, 2.24) is 4.90 Å². The van der Waals surface area contributed by atoms with E-state index in [9.17, 15) is 14.9 Å². The first kappa shape index (κ1) is 17.9. The van der Waals surface area contributed by atoms with Gasteiger partial charge in [-0.15, -0.1) is 0 Å². The molecular weight excluding hydrogens is 332 g/mol. The van der Waals surface area contributed by atoms with Crippen LogP contribution in [0, 0.1) is 10.1 Å². The van der Waals surface area contributed by atoms with Gasteiger partial charge in [0.2, 0.25) is 0 Å². The SMILES string of the molecule is CC1(c2ccccc2)CCCN(C(=O)COc2cccc([N+](=O)[O-])c2)C1. The number of ether oxygens (including phenoxy) is 1. The summed E-state index contributed by atoms with van der Waals surface area (Å²) in [5.74, 6) is 0.230. The minimum absolute atomic E-state index is 0.0513. The first-order valence-corrected chi connectivity index (χ1v) is 8.68. The lowest BCUT2D eigenvalue weighted by molar-refractivity contribution is -0.384. The van der Waals surface area contributed by atoms with E-state index < -0.39 is 4.92 Å². The molecule has 1 aliphatic rings. The van der Waals surface area contributed by atoms with Crippen LogP contribution in [0.1, 0.15) is 25.3 Å². The van der Waals surface area contributed by atoms with Crippen LogP contribution in [-0.4, -0.2) is 35.4 Å². The molecule has 26 heavy (non-hydrogen) atoms. The summed E-state index contributed by atoms with van der Waals surface area (Å²) >= 11 is 0. The minimum atomic E-state index is -0.482. The summed E-state index contributed by atoms with van der Waals surface area (Å²) in [7, 11) is 0. The molecule has 1 aliphatic heterocycles. The number of hydrogen-bond acceptors (Lipinski definition) is 4. The lowest BCUT2D eigenvalue weighted by Crippen LogP contribution is -2.48. The predicted molar refractivity (Wildman–Crippen MR) is 98.2 cm³/mol. The molecule has 3 rings (SSSR count). The summed E-state index contributed by atoms with van der Waals surface area (Å²) in [4.78, 5) is 24.7. The van der Waals surface area contributed by atoms with Gasteiger partial charge in [0.25, 0.3) is 11.6 Å². The van der Waals surface area contributed by atoms with Gasteiger partial charge in [0.05, 0.1) is 11.0 Å². The maximum absolute atomic E-state index is 12.6. The first-order chi connectivity index (χ1) is 12.5. The Morgan fingerprint density at radius 1 is 1.23 bits per heavy atom. The van der Waals surface area contributed by atoms with Crippen LogP contribution in [-0.2, 0) is 10.2 Å². The lowest BCUT2D eigenvalue weighted by Gasteiger charge is -2.41. The molecule has 0 bridgehead atoms. The van der Waals surface area contributed by atoms with E-state index in [2.05, 4.69) is 19.1 Å². The van der Waals surface area contributed by atoms with Crippen molar-refractivity contribution in [3.05, 3.63) is 70.3 Å². The lowest BCUT2D eigenvalue weighted by atomic mass is 9.76. The van der Waals surface area contributed by atoms with Crippen LogP contribution >= 0.6 is 0 Å². The highest BCUT2D eigenvalue weighted by molar-refractivity contribution is 5.78. The molecule has 0 radical (unpaired) electrons. The number of non-ortho nitro benzene ring substituents is 1. The van der Waals surface area contributed by atoms with Gasteiger partial charge in [-0.25, -0.2) is 0 Å². The largest absolute Gasteiger partial charge is 0.484 e. The Morgan fingerprint density at radius 3 is 2.73 bits per heavy atom. The molecule has 1 unspecified atom stereocenters. The minimum Gasteiger partial charge on any atom is -0.484 e. The van der Waals surface area contributed by atoms with E-state index in [0.717, 1.165) is 12.8 Å². The number of nitro groups is 1. The highest BCUT2D eigenvalue weighted by Gasteiger charge is 2.34. The van der Waals surface area contributed by atoms with Gasteiger partial charge in [0.15, 0.2) is 6.61 Å². The third kappa shape index (κ3) is 4.02. The molecule has 1 saturated heterocycles. The fraction of sp³-hybridized carbons (Fsp3) is 0.350. The van der Waals surface area contributed by atoms with Crippen molar-refractivity contribution in [2.24, 2.45) is 0 Å². The third-order valence-corrected chi connectivity index (χ3v) is 4.91. The van der Waals surface area contributed by atoms with Gasteiger partial charge in [-0.3, -0.25) is 14.9 Å². The molecule has 1 atom stereocenters. The number of rotatable bonds is 5. The van der Waals surface area contributed by atoms with E-state index in [4.69, 9.17) is 4.74 Å². The standard InChI is InChI=1S/C20H22N2O4/c1-20(16-7-3-2-4-8-16)11-6-12-21(15-20)19(23)14-26-18-10-5-9-17(13-18)22(24)25/h2-5,7-10,13H,6,11-12,14-15H2,1H3. The quantitative estimate of drug-likeness (QED) is 0.608. The van der Waals surface area contributed by atoms with Gasteiger partial charge >= 0.3 is 0 Å². The average molecular weight is 354 g/mol. The summed E-state index contributed by atoms with van der Waals surface area (Å²) < 4.78 is 5.49. The molecule has 1 fully saturated rings. The zero-order chi connectivity index (χ0) is 18.6. The Bertz CT molecular complexity index is 793. The fourth-order valence-electron chi connectivity index (χ4n) is 3.45. The van der Waals surface area contributed by atoms with Gasteiger partial charge in [-0.1, -0.05) is 43.3 Å². The van der Waals surface area contributed by atoms with Crippen molar-refractivity contribution < 1.29 is 14.5 Å². The van der Waals surface area contributed by atoms with Crippen molar-refractivity contribution in [2.45, 2.75) is 25.2 Å². The Hall–Kier alpha value is -2.89. The Kier molecular flexibility index (Phi) is 5.21. The van der Waals surface area contributed by atoms with Crippen LogP contribution in [0.25, 0.3) is 0 Å². The normalized spacial score (nSPS) is 19.8. The van der Waals surface area contributed by atoms with Gasteiger partial charge < -0.3 is 9.64 Å². The maximum atomic E-state index is 12.6. The molecule has 1 heterocycles. The van der Waals surface area contributed by atoms with E-state index in [0.29, 0.717) is 18.8 Å². The van der Waals surface area contributed by atoms with Crippen LogP contribution in [0.2, 0.25) is 0 Å². The number of nitrogens with zero attached hydrogens (tertiary/aromatic N) is 2. The Balaban J connectivity index is 1.63. The number of amides is 1. The Morgan fingerprint density at radius 2 is 2.00 bits per heavy atom. The topological polar surface area (TPSA) is 72.7 Å². The van der Waals surface area contributed by atoms with Crippen molar-refractivity contribution in [1.29, 1.82) is 0 Å². The summed E-state index contributed by atoms with van der Waals surface area (Å²) in [5.41, 5.74) is 1.11. The van der Waals surface area contributed by atoms with Gasteiger partial charge in [0.1, 0.15) is 5.75 Å². The van der Waals surface area contributed by atoms with Crippen molar-refractivity contribution >= 4 is 11.6 Å². The van der Waals surface area contributed by atoms with Gasteiger partial charge in [-0.05, 0) is 24.5 Å². The number of piperidine rings is 1. The second-order valence-electron chi connectivity index (χ2n) is 6.89. The number of hydrogen-bond donors (Lipinski definition) is 0. The number of benzene rings is 2. The summed E-state index contributed by atoms with van der Waals surface area (Å²) in [6.45, 7) is 3.42. The van der Waals surface area contributed by atoms with Crippen molar-refractivity contribution in [3.8, 4) is 5.75 Å². The molecule has 0 N–H and O–H groups in total. The number of carbonyl (C=O) groups excluding carboxylic acids is 1. The van der Waals surface area contributed by atoms with Crippen LogP contribution in [0.5, 0.6) is 5.75 Å². The second kappa shape index (κ2) is 7.56. The predicted octanol–water partition coefficient (Wildman–Crippen LogP) is 3.55. The maximum Gasteiger partial charge on any atom is 0.273 e. The highest BCUT2D eigenvalue weighted by Crippen LogP contribution is 2.33. The monoisotopic (exact) mass is 354 g/mol. The smallest absolute Gasteiger partial charge is 0.273 e. The van der Waals surface area contributed by atoms with E-state index in [1.807, 2.05) is 23.1 Å². The van der Waals surface area contributed by atoms with E-state index in [1.54, 1.807) is 12.1 Å². The second-order valence-corrected chi connectivity index (χ2v) is 6.89. The summed E-state index contributed by atoms with van der Waals surface area (Å²) in [6.07, 6.45) is 1.97. The van der Waals surface area contributed by atoms with Crippen LogP contribution in [0.4, 0.5) is 5.69 Å². The third-order valence-electron chi connectivity index (χ3n) is 4.91. The van der Waals surface area contributed by atoms with Crippen LogP contribution < -0.4 is 4.74 Å². The molecule has 0 aliphatic carbocycles. The average Bonchev–Trinajstić information content (AvgIpc) is 2.67.